The summed E-state index contributed by atoms with van der Waals surface area (Å²) in [6, 6.07) is 18.3. The molecule has 3 aromatic carbocycles. The molecule has 1 aliphatic rings. The Morgan fingerprint density at radius 3 is 2.47 bits per heavy atom. The summed E-state index contributed by atoms with van der Waals surface area (Å²) in [4.78, 5) is 14.9. The van der Waals surface area contributed by atoms with E-state index in [9.17, 15) is 9.18 Å². The van der Waals surface area contributed by atoms with Gasteiger partial charge in [-0.1, -0.05) is 48.5 Å². The third kappa shape index (κ3) is 4.64. The normalized spacial score (nSPS) is 16.5. The molecule has 34 heavy (non-hydrogen) atoms. The van der Waals surface area contributed by atoms with Crippen LogP contribution in [-0.2, 0) is 17.6 Å². The summed E-state index contributed by atoms with van der Waals surface area (Å²) >= 11 is 0. The van der Waals surface area contributed by atoms with Crippen molar-refractivity contribution in [3.63, 3.8) is 0 Å². The minimum Gasteiger partial charge on any atom is -0.493 e. The van der Waals surface area contributed by atoms with E-state index in [2.05, 4.69) is 4.90 Å². The number of primary amides is 1. The molecule has 0 aliphatic carbocycles. The second-order valence-corrected chi connectivity index (χ2v) is 8.71. The maximum atomic E-state index is 14.8. The van der Waals surface area contributed by atoms with E-state index in [0.717, 1.165) is 23.1 Å². The zero-order valence-corrected chi connectivity index (χ0v) is 19.9. The molecule has 1 heterocycles. The van der Waals surface area contributed by atoms with Gasteiger partial charge in [0.2, 0.25) is 5.91 Å². The summed E-state index contributed by atoms with van der Waals surface area (Å²) in [6.07, 6.45) is 1.89. The molecule has 3 aromatic rings. The number of methoxy groups -OCH3 is 2. The fourth-order valence-corrected chi connectivity index (χ4v) is 5.03. The summed E-state index contributed by atoms with van der Waals surface area (Å²) in [5, 5.41) is 0. The van der Waals surface area contributed by atoms with Crippen LogP contribution >= 0.6 is 0 Å². The summed E-state index contributed by atoms with van der Waals surface area (Å²) in [7, 11) is 3.23. The number of amides is 1. The lowest BCUT2D eigenvalue weighted by molar-refractivity contribution is -0.124. The van der Waals surface area contributed by atoms with E-state index in [1.54, 1.807) is 27.2 Å². The number of nitrogens with two attached hydrogens (primary N) is 1. The fourth-order valence-electron chi connectivity index (χ4n) is 5.03. The molecule has 178 valence electrons. The van der Waals surface area contributed by atoms with Crippen LogP contribution in [0.5, 0.6) is 11.5 Å². The number of hydrogen-bond donors (Lipinski definition) is 1. The minimum absolute atomic E-state index is 0.152. The average Bonchev–Trinajstić information content (AvgIpc) is 2.85. The maximum absolute atomic E-state index is 14.8. The lowest BCUT2D eigenvalue weighted by atomic mass is 9.86. The van der Waals surface area contributed by atoms with Crippen molar-refractivity contribution in [3.05, 3.63) is 94.3 Å². The molecule has 0 bridgehead atoms. The number of aryl methyl sites for hydroxylation is 2. The van der Waals surface area contributed by atoms with Gasteiger partial charge in [-0.3, -0.25) is 9.69 Å². The molecule has 1 aliphatic heterocycles. The first-order valence-electron chi connectivity index (χ1n) is 11.5. The van der Waals surface area contributed by atoms with Crippen molar-refractivity contribution in [1.82, 2.24) is 4.90 Å². The first-order chi connectivity index (χ1) is 16.4. The Bertz CT molecular complexity index is 1170. The molecule has 0 spiro atoms. The van der Waals surface area contributed by atoms with Gasteiger partial charge in [0.05, 0.1) is 14.2 Å². The van der Waals surface area contributed by atoms with Crippen molar-refractivity contribution in [2.45, 2.75) is 38.3 Å². The SMILES string of the molecule is COc1cc2c(cc1OC)C(CCc1cccc(C)c1F)N(C(C(N)=O)c1ccccc1)CC2. The number of benzene rings is 3. The molecule has 2 N–H and O–H groups in total. The van der Waals surface area contributed by atoms with Crippen LogP contribution in [-0.4, -0.2) is 31.6 Å². The van der Waals surface area contributed by atoms with Gasteiger partial charge >= 0.3 is 0 Å². The number of carbonyl (C=O) groups excluding carboxylic acids is 1. The fraction of sp³-hybridized carbons (Fsp3) is 0.321. The van der Waals surface area contributed by atoms with E-state index in [-0.39, 0.29) is 11.9 Å². The third-order valence-corrected chi connectivity index (χ3v) is 6.72. The molecule has 0 aromatic heterocycles. The van der Waals surface area contributed by atoms with Gasteiger partial charge in [0.25, 0.3) is 0 Å². The molecule has 2 atom stereocenters. The van der Waals surface area contributed by atoms with E-state index in [1.165, 1.54) is 0 Å². The standard InChI is InChI=1S/C28H31FN2O3/c1-18-8-7-11-19(26(18)29)12-13-23-22-17-25(34-3)24(33-2)16-21(22)14-15-31(23)27(28(30)32)20-9-5-4-6-10-20/h4-11,16-17,23,27H,12-15H2,1-3H3,(H2,30,32). The van der Waals surface area contributed by atoms with Crippen LogP contribution in [0.2, 0.25) is 0 Å². The molecule has 0 fully saturated rings. The van der Waals surface area contributed by atoms with E-state index in [0.29, 0.717) is 42.0 Å². The highest BCUT2D eigenvalue weighted by atomic mass is 19.1. The summed E-state index contributed by atoms with van der Waals surface area (Å²) < 4.78 is 25.9. The average molecular weight is 463 g/mol. The van der Waals surface area contributed by atoms with E-state index in [4.69, 9.17) is 15.2 Å². The first kappa shape index (κ1) is 23.8. The Labute approximate surface area is 200 Å². The van der Waals surface area contributed by atoms with Crippen molar-refractivity contribution < 1.29 is 18.7 Å². The first-order valence-corrected chi connectivity index (χ1v) is 11.5. The number of hydrogen-bond acceptors (Lipinski definition) is 4. The Morgan fingerprint density at radius 2 is 1.79 bits per heavy atom. The number of rotatable bonds is 8. The van der Waals surface area contributed by atoms with Crippen LogP contribution in [0.4, 0.5) is 4.39 Å². The van der Waals surface area contributed by atoms with Crippen molar-refractivity contribution in [3.8, 4) is 11.5 Å². The Morgan fingerprint density at radius 1 is 1.09 bits per heavy atom. The van der Waals surface area contributed by atoms with E-state index < -0.39 is 11.9 Å². The van der Waals surface area contributed by atoms with Gasteiger partial charge in [-0.15, -0.1) is 0 Å². The number of ether oxygens (including phenoxy) is 2. The Balaban J connectivity index is 1.77. The molecule has 1 amide bonds. The molecule has 6 heteroatoms. The molecule has 4 rings (SSSR count). The summed E-state index contributed by atoms with van der Waals surface area (Å²) in [6.45, 7) is 2.42. The molecule has 0 saturated heterocycles. The van der Waals surface area contributed by atoms with E-state index in [1.807, 2.05) is 54.6 Å². The molecule has 5 nitrogen and oxygen atoms in total. The highest BCUT2D eigenvalue weighted by Crippen LogP contribution is 2.43. The van der Waals surface area contributed by atoms with Crippen LogP contribution in [0.3, 0.4) is 0 Å². The van der Waals surface area contributed by atoms with Crippen LogP contribution < -0.4 is 15.2 Å². The number of nitrogens with zero attached hydrogens (tertiary/aromatic N) is 1. The minimum atomic E-state index is -0.588. The molecule has 0 radical (unpaired) electrons. The summed E-state index contributed by atoms with van der Waals surface area (Å²) in [5.41, 5.74) is 10.3. The van der Waals surface area contributed by atoms with Gasteiger partial charge in [0, 0.05) is 12.6 Å². The van der Waals surface area contributed by atoms with Gasteiger partial charge in [-0.05, 0) is 66.1 Å². The highest BCUT2D eigenvalue weighted by Gasteiger charge is 2.36. The highest BCUT2D eigenvalue weighted by molar-refractivity contribution is 5.81. The van der Waals surface area contributed by atoms with Crippen molar-refractivity contribution >= 4 is 5.91 Å². The van der Waals surface area contributed by atoms with E-state index >= 15 is 0 Å². The second kappa shape index (κ2) is 10.3. The molecular formula is C28H31FN2O3. The number of fused-ring (bicyclic) bond motifs is 1. The zero-order chi connectivity index (χ0) is 24.2. The zero-order valence-electron chi connectivity index (χ0n) is 19.9. The van der Waals surface area contributed by atoms with Gasteiger partial charge in [0.1, 0.15) is 11.9 Å². The Hall–Kier alpha value is -3.38. The lowest BCUT2D eigenvalue weighted by Gasteiger charge is -2.41. The quantitative estimate of drug-likeness (QED) is 0.517. The van der Waals surface area contributed by atoms with Gasteiger partial charge in [-0.2, -0.15) is 0 Å². The van der Waals surface area contributed by atoms with Gasteiger partial charge in [0.15, 0.2) is 11.5 Å². The maximum Gasteiger partial charge on any atom is 0.239 e. The third-order valence-electron chi connectivity index (χ3n) is 6.72. The van der Waals surface area contributed by atoms with Crippen LogP contribution in [0, 0.1) is 12.7 Å². The second-order valence-electron chi connectivity index (χ2n) is 8.71. The largest absolute Gasteiger partial charge is 0.493 e. The topological polar surface area (TPSA) is 64.8 Å². The number of carbonyl (C=O) groups is 1. The smallest absolute Gasteiger partial charge is 0.239 e. The molecule has 2 unspecified atom stereocenters. The lowest BCUT2D eigenvalue weighted by Crippen LogP contribution is -2.44. The predicted octanol–water partition coefficient (Wildman–Crippen LogP) is 4.91. The van der Waals surface area contributed by atoms with Crippen LogP contribution in [0.25, 0.3) is 0 Å². The monoisotopic (exact) mass is 462 g/mol. The Kier molecular flexibility index (Phi) is 7.17. The number of halogens is 1. The van der Waals surface area contributed by atoms with Crippen LogP contribution in [0.15, 0.2) is 60.7 Å². The molecule has 0 saturated carbocycles. The predicted molar refractivity (Wildman–Crippen MR) is 131 cm³/mol. The van der Waals surface area contributed by atoms with Gasteiger partial charge < -0.3 is 15.2 Å². The van der Waals surface area contributed by atoms with Crippen molar-refractivity contribution in [2.75, 3.05) is 20.8 Å². The van der Waals surface area contributed by atoms with Crippen LogP contribution in [0.1, 0.15) is 46.3 Å². The van der Waals surface area contributed by atoms with Gasteiger partial charge in [-0.25, -0.2) is 4.39 Å². The van der Waals surface area contributed by atoms with Crippen molar-refractivity contribution in [2.24, 2.45) is 5.73 Å². The molecular weight excluding hydrogens is 431 g/mol. The van der Waals surface area contributed by atoms with Crippen molar-refractivity contribution in [1.29, 1.82) is 0 Å². The summed E-state index contributed by atoms with van der Waals surface area (Å²) in [5.74, 6) is 0.728.